The maximum absolute atomic E-state index is 3.55. The summed E-state index contributed by atoms with van der Waals surface area (Å²) in [5.41, 5.74) is 2.86. The van der Waals surface area contributed by atoms with Gasteiger partial charge in [0.25, 0.3) is 0 Å². The summed E-state index contributed by atoms with van der Waals surface area (Å²) in [5.74, 6) is 1.43. The van der Waals surface area contributed by atoms with Crippen LogP contribution in [0.15, 0.2) is 24.3 Å². The van der Waals surface area contributed by atoms with Crippen LogP contribution >= 0.6 is 0 Å². The van der Waals surface area contributed by atoms with Crippen molar-refractivity contribution < 1.29 is 0 Å². The number of rotatable bonds is 6. The SMILES string of the molecule is CCCNCC1CCN(c2cccc(C(C)C)c2)C1. The first-order valence-electron chi connectivity index (χ1n) is 7.76. The molecular weight excluding hydrogens is 232 g/mol. The van der Waals surface area contributed by atoms with Gasteiger partial charge >= 0.3 is 0 Å². The van der Waals surface area contributed by atoms with E-state index in [0.29, 0.717) is 5.92 Å². The molecule has 0 bridgehead atoms. The predicted octanol–water partition coefficient (Wildman–Crippen LogP) is 3.64. The van der Waals surface area contributed by atoms with Crippen molar-refractivity contribution in [2.24, 2.45) is 5.92 Å². The fourth-order valence-electron chi connectivity index (χ4n) is 2.80. The van der Waals surface area contributed by atoms with Crippen molar-refractivity contribution >= 4 is 5.69 Å². The molecule has 1 aliphatic heterocycles. The Kier molecular flexibility index (Phi) is 5.26. The third-order valence-corrected chi connectivity index (χ3v) is 4.05. The monoisotopic (exact) mass is 260 g/mol. The average Bonchev–Trinajstić information content (AvgIpc) is 2.88. The summed E-state index contributed by atoms with van der Waals surface area (Å²) >= 11 is 0. The standard InChI is InChI=1S/C17H28N2/c1-4-9-18-12-15-8-10-19(13-15)17-7-5-6-16(11-17)14(2)3/h5-7,11,14-15,18H,4,8-10,12-13H2,1-3H3. The summed E-state index contributed by atoms with van der Waals surface area (Å²) in [6.45, 7) is 11.5. The van der Waals surface area contributed by atoms with Crippen LogP contribution in [0, 0.1) is 5.92 Å². The minimum absolute atomic E-state index is 0.615. The number of nitrogens with one attached hydrogen (secondary N) is 1. The average molecular weight is 260 g/mol. The topological polar surface area (TPSA) is 15.3 Å². The van der Waals surface area contributed by atoms with Crippen molar-refractivity contribution in [1.82, 2.24) is 5.32 Å². The van der Waals surface area contributed by atoms with E-state index >= 15 is 0 Å². The summed E-state index contributed by atoms with van der Waals surface area (Å²) < 4.78 is 0. The molecule has 1 fully saturated rings. The second kappa shape index (κ2) is 6.95. The first-order chi connectivity index (χ1) is 9.20. The summed E-state index contributed by atoms with van der Waals surface area (Å²) in [4.78, 5) is 2.55. The highest BCUT2D eigenvalue weighted by Gasteiger charge is 2.22. The van der Waals surface area contributed by atoms with Crippen LogP contribution in [-0.4, -0.2) is 26.2 Å². The molecule has 0 aliphatic carbocycles. The molecule has 1 N–H and O–H groups in total. The van der Waals surface area contributed by atoms with Crippen molar-refractivity contribution in [3.05, 3.63) is 29.8 Å². The van der Waals surface area contributed by atoms with E-state index in [0.717, 1.165) is 12.5 Å². The maximum atomic E-state index is 3.55. The van der Waals surface area contributed by atoms with Gasteiger partial charge in [0.1, 0.15) is 0 Å². The molecule has 1 aliphatic rings. The fourth-order valence-corrected chi connectivity index (χ4v) is 2.80. The Morgan fingerprint density at radius 1 is 1.37 bits per heavy atom. The second-order valence-corrected chi connectivity index (χ2v) is 6.05. The van der Waals surface area contributed by atoms with Gasteiger partial charge in [-0.3, -0.25) is 0 Å². The number of hydrogen-bond donors (Lipinski definition) is 1. The van der Waals surface area contributed by atoms with Crippen molar-refractivity contribution in [3.8, 4) is 0 Å². The molecule has 0 radical (unpaired) electrons. The number of nitrogens with zero attached hydrogens (tertiary/aromatic N) is 1. The van der Waals surface area contributed by atoms with E-state index in [1.54, 1.807) is 0 Å². The molecule has 0 saturated carbocycles. The highest BCUT2D eigenvalue weighted by Crippen LogP contribution is 2.26. The minimum atomic E-state index is 0.615. The number of anilines is 1. The van der Waals surface area contributed by atoms with Crippen LogP contribution in [0.1, 0.15) is 45.1 Å². The van der Waals surface area contributed by atoms with Gasteiger partial charge in [-0.25, -0.2) is 0 Å². The summed E-state index contributed by atoms with van der Waals surface area (Å²) in [6.07, 6.45) is 2.55. The van der Waals surface area contributed by atoms with Gasteiger partial charge < -0.3 is 10.2 Å². The highest BCUT2D eigenvalue weighted by molar-refractivity contribution is 5.50. The first kappa shape index (κ1) is 14.4. The van der Waals surface area contributed by atoms with Crippen LogP contribution in [0.25, 0.3) is 0 Å². The largest absolute Gasteiger partial charge is 0.371 e. The van der Waals surface area contributed by atoms with Gasteiger partial charge in [-0.05, 0) is 55.5 Å². The van der Waals surface area contributed by atoms with Crippen LogP contribution in [-0.2, 0) is 0 Å². The van der Waals surface area contributed by atoms with Gasteiger partial charge in [0.15, 0.2) is 0 Å². The second-order valence-electron chi connectivity index (χ2n) is 6.05. The molecular formula is C17H28N2. The maximum Gasteiger partial charge on any atom is 0.0369 e. The highest BCUT2D eigenvalue weighted by atomic mass is 15.2. The summed E-state index contributed by atoms with van der Waals surface area (Å²) in [7, 11) is 0. The molecule has 1 aromatic carbocycles. The molecule has 1 saturated heterocycles. The van der Waals surface area contributed by atoms with Gasteiger partial charge in [-0.2, -0.15) is 0 Å². The molecule has 0 spiro atoms. The van der Waals surface area contributed by atoms with Crippen molar-refractivity contribution in [1.29, 1.82) is 0 Å². The molecule has 2 heteroatoms. The van der Waals surface area contributed by atoms with Gasteiger partial charge in [0.2, 0.25) is 0 Å². The third-order valence-electron chi connectivity index (χ3n) is 4.05. The van der Waals surface area contributed by atoms with E-state index in [-0.39, 0.29) is 0 Å². The lowest BCUT2D eigenvalue weighted by molar-refractivity contribution is 0.516. The van der Waals surface area contributed by atoms with E-state index in [2.05, 4.69) is 55.3 Å². The lowest BCUT2D eigenvalue weighted by Gasteiger charge is -2.20. The van der Waals surface area contributed by atoms with Crippen LogP contribution in [0.5, 0.6) is 0 Å². The fraction of sp³-hybridized carbons (Fsp3) is 0.647. The molecule has 1 atom stereocenters. The Bertz CT molecular complexity index is 387. The molecule has 1 aromatic rings. The van der Waals surface area contributed by atoms with E-state index < -0.39 is 0 Å². The van der Waals surface area contributed by atoms with Crippen LogP contribution < -0.4 is 10.2 Å². The Hall–Kier alpha value is -1.02. The molecule has 106 valence electrons. The quantitative estimate of drug-likeness (QED) is 0.786. The van der Waals surface area contributed by atoms with E-state index in [1.807, 2.05) is 0 Å². The number of hydrogen-bond acceptors (Lipinski definition) is 2. The Morgan fingerprint density at radius 2 is 2.21 bits per heavy atom. The lowest BCUT2D eigenvalue weighted by atomic mass is 10.0. The van der Waals surface area contributed by atoms with E-state index in [9.17, 15) is 0 Å². The van der Waals surface area contributed by atoms with E-state index in [4.69, 9.17) is 0 Å². The van der Waals surface area contributed by atoms with Crippen molar-refractivity contribution in [2.75, 3.05) is 31.1 Å². The Balaban J connectivity index is 1.91. The van der Waals surface area contributed by atoms with Gasteiger partial charge in [-0.1, -0.05) is 32.9 Å². The summed E-state index contributed by atoms with van der Waals surface area (Å²) in [5, 5.41) is 3.55. The molecule has 2 nitrogen and oxygen atoms in total. The Labute approximate surface area is 118 Å². The normalized spacial score (nSPS) is 19.4. The molecule has 19 heavy (non-hydrogen) atoms. The lowest BCUT2D eigenvalue weighted by Crippen LogP contribution is -2.26. The smallest absolute Gasteiger partial charge is 0.0369 e. The molecule has 0 amide bonds. The zero-order valence-corrected chi connectivity index (χ0v) is 12.7. The predicted molar refractivity (Wildman–Crippen MR) is 84.0 cm³/mol. The van der Waals surface area contributed by atoms with Crippen molar-refractivity contribution in [2.45, 2.75) is 39.5 Å². The molecule has 1 unspecified atom stereocenters. The molecule has 1 heterocycles. The van der Waals surface area contributed by atoms with Crippen LogP contribution in [0.3, 0.4) is 0 Å². The third kappa shape index (κ3) is 3.97. The zero-order valence-electron chi connectivity index (χ0n) is 12.7. The summed E-state index contributed by atoms with van der Waals surface area (Å²) in [6, 6.07) is 9.07. The van der Waals surface area contributed by atoms with Crippen LogP contribution in [0.2, 0.25) is 0 Å². The molecule has 2 rings (SSSR count). The van der Waals surface area contributed by atoms with E-state index in [1.165, 1.54) is 43.7 Å². The Morgan fingerprint density at radius 3 is 2.95 bits per heavy atom. The number of benzene rings is 1. The van der Waals surface area contributed by atoms with Crippen LogP contribution in [0.4, 0.5) is 5.69 Å². The molecule has 0 aromatic heterocycles. The van der Waals surface area contributed by atoms with Crippen molar-refractivity contribution in [3.63, 3.8) is 0 Å². The zero-order chi connectivity index (χ0) is 13.7. The first-order valence-corrected chi connectivity index (χ1v) is 7.76. The van der Waals surface area contributed by atoms with Gasteiger partial charge in [0, 0.05) is 18.8 Å². The van der Waals surface area contributed by atoms with Gasteiger partial charge in [-0.15, -0.1) is 0 Å². The van der Waals surface area contributed by atoms with Gasteiger partial charge in [0.05, 0.1) is 0 Å². The minimum Gasteiger partial charge on any atom is -0.371 e.